The molecule has 1 nitrogen and oxygen atoms in total. The lowest BCUT2D eigenvalue weighted by Gasteiger charge is -2.08. The summed E-state index contributed by atoms with van der Waals surface area (Å²) in [6, 6.07) is 5.35. The van der Waals surface area contributed by atoms with Crippen LogP contribution >= 0.6 is 0 Å². The van der Waals surface area contributed by atoms with Crippen LogP contribution in [0.1, 0.15) is 43.7 Å². The molecule has 0 atom stereocenters. The molecule has 15 heavy (non-hydrogen) atoms. The van der Waals surface area contributed by atoms with Gasteiger partial charge in [-0.05, 0) is 55.0 Å². The zero-order valence-corrected chi connectivity index (χ0v) is 9.59. The van der Waals surface area contributed by atoms with Crippen molar-refractivity contribution < 1.29 is 4.39 Å². The van der Waals surface area contributed by atoms with Crippen molar-refractivity contribution in [3.63, 3.8) is 0 Å². The van der Waals surface area contributed by atoms with Gasteiger partial charge in [-0.1, -0.05) is 19.9 Å². The van der Waals surface area contributed by atoms with E-state index in [0.29, 0.717) is 12.5 Å². The lowest BCUT2D eigenvalue weighted by atomic mass is 9.98. The lowest BCUT2D eigenvalue weighted by molar-refractivity contribution is 0.618. The second kappa shape index (κ2) is 5.86. The molecule has 2 N–H and O–H groups in total. The Bertz CT molecular complexity index is 307. The van der Waals surface area contributed by atoms with Crippen molar-refractivity contribution in [2.24, 2.45) is 5.73 Å². The maximum absolute atomic E-state index is 13.3. The SMILES string of the molecule is CC(C)c1cc(F)cc(CCCCN)c1. The molecule has 0 unspecified atom stereocenters. The summed E-state index contributed by atoms with van der Waals surface area (Å²) in [5.41, 5.74) is 7.60. The quantitative estimate of drug-likeness (QED) is 0.740. The van der Waals surface area contributed by atoms with E-state index >= 15 is 0 Å². The molecular formula is C13H20FN. The molecule has 0 bridgehead atoms. The normalized spacial score (nSPS) is 11.0. The number of hydrogen-bond acceptors (Lipinski definition) is 1. The van der Waals surface area contributed by atoms with Crippen molar-refractivity contribution in [1.82, 2.24) is 0 Å². The largest absolute Gasteiger partial charge is 0.330 e. The smallest absolute Gasteiger partial charge is 0.123 e. The van der Waals surface area contributed by atoms with Crippen LogP contribution < -0.4 is 5.73 Å². The van der Waals surface area contributed by atoms with Gasteiger partial charge in [0, 0.05) is 0 Å². The van der Waals surface area contributed by atoms with Gasteiger partial charge >= 0.3 is 0 Å². The van der Waals surface area contributed by atoms with E-state index in [9.17, 15) is 4.39 Å². The van der Waals surface area contributed by atoms with Crippen LogP contribution in [0, 0.1) is 5.82 Å². The minimum Gasteiger partial charge on any atom is -0.330 e. The molecule has 0 spiro atoms. The van der Waals surface area contributed by atoms with Gasteiger partial charge in [-0.3, -0.25) is 0 Å². The predicted molar refractivity (Wildman–Crippen MR) is 62.5 cm³/mol. The highest BCUT2D eigenvalue weighted by Crippen LogP contribution is 2.18. The van der Waals surface area contributed by atoms with E-state index in [1.54, 1.807) is 12.1 Å². The molecule has 2 heteroatoms. The average molecular weight is 209 g/mol. The third-order valence-corrected chi connectivity index (χ3v) is 2.57. The third kappa shape index (κ3) is 4.00. The number of hydrogen-bond donors (Lipinski definition) is 1. The number of unbranched alkanes of at least 4 members (excludes halogenated alkanes) is 1. The maximum atomic E-state index is 13.3. The summed E-state index contributed by atoms with van der Waals surface area (Å²) in [4.78, 5) is 0. The molecule has 0 saturated heterocycles. The monoisotopic (exact) mass is 209 g/mol. The van der Waals surface area contributed by atoms with Gasteiger partial charge in [0.15, 0.2) is 0 Å². The van der Waals surface area contributed by atoms with E-state index in [0.717, 1.165) is 30.4 Å². The van der Waals surface area contributed by atoms with E-state index in [1.807, 2.05) is 0 Å². The fourth-order valence-corrected chi connectivity index (χ4v) is 1.63. The first-order valence-corrected chi connectivity index (χ1v) is 5.63. The lowest BCUT2D eigenvalue weighted by Crippen LogP contribution is -2.00. The Kier molecular flexibility index (Phi) is 4.76. The topological polar surface area (TPSA) is 26.0 Å². The van der Waals surface area contributed by atoms with Crippen LogP contribution in [-0.2, 0) is 6.42 Å². The molecule has 0 aliphatic heterocycles. The van der Waals surface area contributed by atoms with Crippen LogP contribution in [0.5, 0.6) is 0 Å². The Labute approximate surface area is 91.5 Å². The first kappa shape index (κ1) is 12.2. The summed E-state index contributed by atoms with van der Waals surface area (Å²) in [5.74, 6) is 0.262. The minimum atomic E-state index is -0.121. The summed E-state index contributed by atoms with van der Waals surface area (Å²) in [5, 5.41) is 0. The van der Waals surface area contributed by atoms with Crippen LogP contribution in [0.4, 0.5) is 4.39 Å². The van der Waals surface area contributed by atoms with E-state index in [4.69, 9.17) is 5.73 Å². The molecule has 1 rings (SSSR count). The van der Waals surface area contributed by atoms with E-state index in [-0.39, 0.29) is 5.82 Å². The van der Waals surface area contributed by atoms with Crippen LogP contribution in [0.3, 0.4) is 0 Å². The standard InChI is InChI=1S/C13H20FN/c1-10(2)12-7-11(5-3-4-6-15)8-13(14)9-12/h7-10H,3-6,15H2,1-2H3. The number of rotatable bonds is 5. The molecule has 0 heterocycles. The van der Waals surface area contributed by atoms with E-state index in [2.05, 4.69) is 19.9 Å². The molecule has 0 aliphatic carbocycles. The van der Waals surface area contributed by atoms with Crippen LogP contribution in [0.25, 0.3) is 0 Å². The Balaban J connectivity index is 2.71. The summed E-state index contributed by atoms with van der Waals surface area (Å²) in [6.45, 7) is 4.88. The molecule has 0 aromatic heterocycles. The van der Waals surface area contributed by atoms with Gasteiger partial charge < -0.3 is 5.73 Å². The van der Waals surface area contributed by atoms with Gasteiger partial charge in [0.1, 0.15) is 5.82 Å². The highest BCUT2D eigenvalue weighted by Gasteiger charge is 2.04. The zero-order valence-electron chi connectivity index (χ0n) is 9.59. The highest BCUT2D eigenvalue weighted by atomic mass is 19.1. The van der Waals surface area contributed by atoms with Crippen molar-refractivity contribution in [3.8, 4) is 0 Å². The highest BCUT2D eigenvalue weighted by molar-refractivity contribution is 5.26. The first-order valence-electron chi connectivity index (χ1n) is 5.63. The van der Waals surface area contributed by atoms with Crippen LogP contribution in [-0.4, -0.2) is 6.54 Å². The second-order valence-corrected chi connectivity index (χ2v) is 4.29. The van der Waals surface area contributed by atoms with Gasteiger partial charge in [0.05, 0.1) is 0 Å². The maximum Gasteiger partial charge on any atom is 0.123 e. The van der Waals surface area contributed by atoms with E-state index in [1.165, 1.54) is 0 Å². The fourth-order valence-electron chi connectivity index (χ4n) is 1.63. The van der Waals surface area contributed by atoms with Gasteiger partial charge in [-0.2, -0.15) is 0 Å². The van der Waals surface area contributed by atoms with Gasteiger partial charge in [0.2, 0.25) is 0 Å². The van der Waals surface area contributed by atoms with Crippen LogP contribution in [0.15, 0.2) is 18.2 Å². The zero-order chi connectivity index (χ0) is 11.3. The Morgan fingerprint density at radius 2 is 1.93 bits per heavy atom. The fraction of sp³-hybridized carbons (Fsp3) is 0.538. The summed E-state index contributed by atoms with van der Waals surface area (Å²) in [6.07, 6.45) is 2.97. The first-order chi connectivity index (χ1) is 7.13. The van der Waals surface area contributed by atoms with Crippen molar-refractivity contribution in [1.29, 1.82) is 0 Å². The summed E-state index contributed by atoms with van der Waals surface area (Å²) < 4.78 is 13.3. The number of aryl methyl sites for hydroxylation is 1. The molecule has 1 aromatic carbocycles. The molecular weight excluding hydrogens is 189 g/mol. The van der Waals surface area contributed by atoms with Crippen molar-refractivity contribution in [3.05, 3.63) is 35.1 Å². The molecule has 0 amide bonds. The number of benzene rings is 1. The van der Waals surface area contributed by atoms with Gasteiger partial charge in [-0.15, -0.1) is 0 Å². The molecule has 0 fully saturated rings. The van der Waals surface area contributed by atoms with Crippen molar-refractivity contribution in [2.45, 2.75) is 39.0 Å². The number of halogens is 1. The Hall–Kier alpha value is -0.890. The molecule has 0 aliphatic rings. The average Bonchev–Trinajstić information content (AvgIpc) is 2.17. The van der Waals surface area contributed by atoms with Gasteiger partial charge in [0.25, 0.3) is 0 Å². The Morgan fingerprint density at radius 1 is 1.20 bits per heavy atom. The van der Waals surface area contributed by atoms with Gasteiger partial charge in [-0.25, -0.2) is 4.39 Å². The molecule has 0 saturated carbocycles. The Morgan fingerprint density at radius 3 is 2.53 bits per heavy atom. The van der Waals surface area contributed by atoms with Crippen molar-refractivity contribution >= 4 is 0 Å². The predicted octanol–water partition coefficient (Wildman–Crippen LogP) is 3.23. The summed E-state index contributed by atoms with van der Waals surface area (Å²) in [7, 11) is 0. The molecule has 1 aromatic rings. The summed E-state index contributed by atoms with van der Waals surface area (Å²) >= 11 is 0. The third-order valence-electron chi connectivity index (χ3n) is 2.57. The van der Waals surface area contributed by atoms with Crippen LogP contribution in [0.2, 0.25) is 0 Å². The van der Waals surface area contributed by atoms with E-state index < -0.39 is 0 Å². The number of nitrogens with two attached hydrogens (primary N) is 1. The molecule has 84 valence electrons. The minimum absolute atomic E-state index is 0.121. The van der Waals surface area contributed by atoms with Crippen molar-refractivity contribution in [2.75, 3.05) is 6.54 Å². The molecule has 0 radical (unpaired) electrons. The second-order valence-electron chi connectivity index (χ2n) is 4.29.